The molecular formula is C12H13FN2OS. The number of rotatable bonds is 2. The smallest absolute Gasteiger partial charge is 0.144 e. The topological polar surface area (TPSA) is 53.2 Å². The van der Waals surface area contributed by atoms with Crippen molar-refractivity contribution in [1.29, 1.82) is 5.26 Å². The highest BCUT2D eigenvalue weighted by Gasteiger charge is 2.18. The Labute approximate surface area is 103 Å². The van der Waals surface area contributed by atoms with Crippen LogP contribution in [0.15, 0.2) is 22.6 Å². The number of hydrogen-bond donors (Lipinski definition) is 0. The van der Waals surface area contributed by atoms with E-state index in [1.807, 2.05) is 6.07 Å². The van der Waals surface area contributed by atoms with E-state index in [9.17, 15) is 8.60 Å². The van der Waals surface area contributed by atoms with E-state index in [1.165, 1.54) is 18.3 Å². The lowest BCUT2D eigenvalue weighted by Crippen LogP contribution is -2.19. The van der Waals surface area contributed by atoms with Gasteiger partial charge in [0, 0.05) is 6.21 Å². The third kappa shape index (κ3) is 4.08. The van der Waals surface area contributed by atoms with Crippen LogP contribution in [0.25, 0.3) is 0 Å². The molecule has 0 fully saturated rings. The van der Waals surface area contributed by atoms with Crippen molar-refractivity contribution in [2.45, 2.75) is 25.5 Å². The van der Waals surface area contributed by atoms with Crippen molar-refractivity contribution in [3.63, 3.8) is 0 Å². The van der Waals surface area contributed by atoms with Crippen LogP contribution in [-0.4, -0.2) is 15.2 Å². The summed E-state index contributed by atoms with van der Waals surface area (Å²) in [6.07, 6.45) is 1.32. The molecule has 0 aliphatic rings. The predicted molar refractivity (Wildman–Crippen MR) is 66.6 cm³/mol. The molecule has 0 radical (unpaired) electrons. The van der Waals surface area contributed by atoms with Crippen molar-refractivity contribution in [2.75, 3.05) is 0 Å². The van der Waals surface area contributed by atoms with Crippen LogP contribution in [0.2, 0.25) is 0 Å². The fourth-order valence-corrected chi connectivity index (χ4v) is 1.55. The number of hydrogen-bond acceptors (Lipinski definition) is 2. The average Bonchev–Trinajstić information content (AvgIpc) is 2.23. The van der Waals surface area contributed by atoms with Crippen molar-refractivity contribution in [3.05, 3.63) is 35.1 Å². The second-order valence-corrected chi connectivity index (χ2v) is 6.41. The van der Waals surface area contributed by atoms with E-state index in [0.717, 1.165) is 6.07 Å². The molecule has 0 N–H and O–H groups in total. The summed E-state index contributed by atoms with van der Waals surface area (Å²) in [4.78, 5) is 0. The first-order chi connectivity index (χ1) is 7.82. The molecular weight excluding hydrogens is 239 g/mol. The third-order valence-corrected chi connectivity index (χ3v) is 3.22. The van der Waals surface area contributed by atoms with Crippen molar-refractivity contribution < 1.29 is 8.60 Å². The van der Waals surface area contributed by atoms with E-state index in [-0.39, 0.29) is 5.56 Å². The van der Waals surface area contributed by atoms with Crippen molar-refractivity contribution in [3.8, 4) is 6.07 Å². The first-order valence-electron chi connectivity index (χ1n) is 4.99. The Morgan fingerprint density at radius 1 is 1.41 bits per heavy atom. The lowest BCUT2D eigenvalue weighted by molar-refractivity contribution is 0.627. The fourth-order valence-electron chi connectivity index (χ4n) is 1.02. The molecule has 1 rings (SSSR count). The van der Waals surface area contributed by atoms with Crippen molar-refractivity contribution >= 4 is 17.2 Å². The maximum Gasteiger partial charge on any atom is 0.144 e. The summed E-state index contributed by atoms with van der Waals surface area (Å²) in [6, 6.07) is 5.72. The van der Waals surface area contributed by atoms with Crippen LogP contribution >= 0.6 is 0 Å². The van der Waals surface area contributed by atoms with Gasteiger partial charge in [-0.3, -0.25) is 0 Å². The monoisotopic (exact) mass is 252 g/mol. The molecule has 0 saturated carbocycles. The Bertz CT molecular complexity index is 512. The molecule has 0 aliphatic carbocycles. The molecule has 1 aromatic rings. The molecule has 1 aromatic carbocycles. The van der Waals surface area contributed by atoms with E-state index in [4.69, 9.17) is 5.26 Å². The molecule has 0 spiro atoms. The average molecular weight is 252 g/mol. The van der Waals surface area contributed by atoms with Gasteiger partial charge in [0.25, 0.3) is 0 Å². The summed E-state index contributed by atoms with van der Waals surface area (Å²) in [5.41, 5.74) is 0.646. The highest BCUT2D eigenvalue weighted by molar-refractivity contribution is 7.85. The molecule has 5 heteroatoms. The normalized spacial score (nSPS) is 13.6. The first kappa shape index (κ1) is 13.5. The van der Waals surface area contributed by atoms with Gasteiger partial charge in [-0.25, -0.2) is 8.60 Å². The SMILES string of the molecule is CC(C)(C)S(=O)N=Cc1cc(F)cc(C#N)c1. The Morgan fingerprint density at radius 2 is 2.06 bits per heavy atom. The molecule has 0 amide bonds. The molecule has 17 heavy (non-hydrogen) atoms. The summed E-state index contributed by atoms with van der Waals surface area (Å²) in [5.74, 6) is -0.507. The predicted octanol–water partition coefficient (Wildman–Crippen LogP) is 2.58. The molecule has 90 valence electrons. The van der Waals surface area contributed by atoms with E-state index in [2.05, 4.69) is 4.40 Å². The third-order valence-electron chi connectivity index (χ3n) is 1.87. The van der Waals surface area contributed by atoms with Crippen LogP contribution in [0, 0.1) is 17.1 Å². The van der Waals surface area contributed by atoms with Crippen LogP contribution in [0.5, 0.6) is 0 Å². The number of benzene rings is 1. The van der Waals surface area contributed by atoms with Gasteiger partial charge < -0.3 is 0 Å². The Kier molecular flexibility index (Phi) is 4.13. The van der Waals surface area contributed by atoms with E-state index >= 15 is 0 Å². The van der Waals surface area contributed by atoms with Crippen molar-refractivity contribution in [2.24, 2.45) is 4.40 Å². The zero-order valence-corrected chi connectivity index (χ0v) is 10.7. The highest BCUT2D eigenvalue weighted by atomic mass is 32.2. The minimum absolute atomic E-state index is 0.216. The van der Waals surface area contributed by atoms with Gasteiger partial charge >= 0.3 is 0 Å². The number of halogens is 1. The van der Waals surface area contributed by atoms with Crippen LogP contribution < -0.4 is 0 Å². The van der Waals surface area contributed by atoms with Crippen molar-refractivity contribution in [1.82, 2.24) is 0 Å². The minimum atomic E-state index is -1.39. The van der Waals surface area contributed by atoms with Gasteiger partial charge in [0.1, 0.15) is 16.8 Å². The molecule has 1 atom stereocenters. The van der Waals surface area contributed by atoms with Gasteiger partial charge in [-0.05, 0) is 44.5 Å². The van der Waals surface area contributed by atoms with Crippen LogP contribution in [-0.2, 0) is 11.0 Å². The summed E-state index contributed by atoms with van der Waals surface area (Å²) in [6.45, 7) is 5.40. The van der Waals surface area contributed by atoms with Crippen LogP contribution in [0.1, 0.15) is 31.9 Å². The van der Waals surface area contributed by atoms with Gasteiger partial charge in [0.05, 0.1) is 16.4 Å². The molecule has 0 bridgehead atoms. The van der Waals surface area contributed by atoms with Gasteiger partial charge in [-0.1, -0.05) is 0 Å². The van der Waals surface area contributed by atoms with Gasteiger partial charge in [-0.2, -0.15) is 9.66 Å². The molecule has 0 aliphatic heterocycles. The van der Waals surface area contributed by atoms with Gasteiger partial charge in [0.15, 0.2) is 0 Å². The molecule has 1 unspecified atom stereocenters. The maximum absolute atomic E-state index is 13.1. The lowest BCUT2D eigenvalue weighted by Gasteiger charge is -2.12. The quantitative estimate of drug-likeness (QED) is 0.760. The Balaban J connectivity index is 2.97. The molecule has 0 heterocycles. The standard InChI is InChI=1S/C12H13FN2OS/c1-12(2,3)17(16)15-8-10-4-9(7-14)5-11(13)6-10/h4-6,8H,1-3H3. The first-order valence-corrected chi connectivity index (χ1v) is 6.10. The van der Waals surface area contributed by atoms with Gasteiger partial charge in [-0.15, -0.1) is 0 Å². The zero-order chi connectivity index (χ0) is 13.1. The van der Waals surface area contributed by atoms with E-state index < -0.39 is 21.5 Å². The second kappa shape index (κ2) is 5.19. The summed E-state index contributed by atoms with van der Waals surface area (Å²) >= 11 is 0. The van der Waals surface area contributed by atoms with Crippen LogP contribution in [0.3, 0.4) is 0 Å². The Hall–Kier alpha value is -1.54. The van der Waals surface area contributed by atoms with E-state index in [0.29, 0.717) is 5.56 Å². The minimum Gasteiger partial charge on any atom is -0.234 e. The van der Waals surface area contributed by atoms with Crippen LogP contribution in [0.4, 0.5) is 4.39 Å². The second-order valence-electron chi connectivity index (χ2n) is 4.48. The maximum atomic E-state index is 13.1. The summed E-state index contributed by atoms with van der Waals surface area (Å²) in [7, 11) is -1.39. The highest BCUT2D eigenvalue weighted by Crippen LogP contribution is 2.13. The fraction of sp³-hybridized carbons (Fsp3) is 0.333. The molecule has 0 aromatic heterocycles. The number of nitrogens with zero attached hydrogens (tertiary/aromatic N) is 2. The Morgan fingerprint density at radius 3 is 2.59 bits per heavy atom. The molecule has 0 saturated heterocycles. The molecule has 3 nitrogen and oxygen atoms in total. The number of nitriles is 1. The summed E-state index contributed by atoms with van der Waals surface area (Å²) < 4.78 is 28.1. The lowest BCUT2D eigenvalue weighted by atomic mass is 10.1. The summed E-state index contributed by atoms with van der Waals surface area (Å²) in [5, 5.41) is 8.67. The largest absolute Gasteiger partial charge is 0.234 e. The van der Waals surface area contributed by atoms with E-state index in [1.54, 1.807) is 20.8 Å². The van der Waals surface area contributed by atoms with Gasteiger partial charge in [0.2, 0.25) is 0 Å². The zero-order valence-electron chi connectivity index (χ0n) is 9.90.